The zero-order valence-corrected chi connectivity index (χ0v) is 9.33. The normalized spacial score (nSPS) is 22.9. The molecule has 3 N–H and O–H groups in total. The molecular weight excluding hydrogens is 222 g/mol. The topological polar surface area (TPSA) is 81.8 Å². The predicted molar refractivity (Wildman–Crippen MR) is 60.2 cm³/mol. The highest BCUT2D eigenvalue weighted by molar-refractivity contribution is 5.64. The Hall–Kier alpha value is -1.59. The Balaban J connectivity index is 2.05. The van der Waals surface area contributed by atoms with E-state index in [2.05, 4.69) is 4.74 Å². The van der Waals surface area contributed by atoms with E-state index < -0.39 is 12.2 Å². The molecule has 17 heavy (non-hydrogen) atoms. The smallest absolute Gasteiger partial charge is 0.404 e. The average Bonchev–Trinajstić information content (AvgIpc) is 2.32. The number of carbonyl (C=O) groups is 1. The van der Waals surface area contributed by atoms with E-state index in [0.717, 1.165) is 11.1 Å². The minimum Gasteiger partial charge on any atom is -0.450 e. The van der Waals surface area contributed by atoms with Crippen molar-refractivity contribution in [1.29, 1.82) is 0 Å². The number of aliphatic hydroxyl groups excluding tert-OH is 1. The van der Waals surface area contributed by atoms with Crippen molar-refractivity contribution in [1.82, 2.24) is 0 Å². The third-order valence-corrected chi connectivity index (χ3v) is 2.78. The van der Waals surface area contributed by atoms with Gasteiger partial charge in [0.05, 0.1) is 19.3 Å². The van der Waals surface area contributed by atoms with Gasteiger partial charge in [-0.1, -0.05) is 24.3 Å². The number of rotatable bonds is 3. The van der Waals surface area contributed by atoms with E-state index in [4.69, 9.17) is 10.5 Å². The molecule has 0 fully saturated rings. The van der Waals surface area contributed by atoms with E-state index >= 15 is 0 Å². The van der Waals surface area contributed by atoms with Crippen molar-refractivity contribution in [3.8, 4) is 0 Å². The van der Waals surface area contributed by atoms with E-state index in [1.54, 1.807) is 0 Å². The fraction of sp³-hybridized carbons (Fsp3) is 0.417. The van der Waals surface area contributed by atoms with Crippen molar-refractivity contribution >= 4 is 6.09 Å². The van der Waals surface area contributed by atoms with Gasteiger partial charge < -0.3 is 20.3 Å². The number of nitrogens with two attached hydrogens (primary N) is 1. The Morgan fingerprint density at radius 1 is 1.47 bits per heavy atom. The van der Waals surface area contributed by atoms with E-state index in [9.17, 15) is 9.90 Å². The summed E-state index contributed by atoms with van der Waals surface area (Å²) in [6.07, 6.45) is -0.991. The summed E-state index contributed by atoms with van der Waals surface area (Å²) in [5.41, 5.74) is 6.70. The van der Waals surface area contributed by atoms with Crippen LogP contribution >= 0.6 is 0 Å². The van der Waals surface area contributed by atoms with Crippen LogP contribution in [0.15, 0.2) is 24.3 Å². The third-order valence-electron chi connectivity index (χ3n) is 2.78. The number of amides is 1. The van der Waals surface area contributed by atoms with Gasteiger partial charge in [-0.05, 0) is 11.1 Å². The molecule has 5 heteroatoms. The molecule has 1 aromatic rings. The predicted octanol–water partition coefficient (Wildman–Crippen LogP) is 1.28. The van der Waals surface area contributed by atoms with Gasteiger partial charge >= 0.3 is 6.09 Å². The molecule has 1 heterocycles. The summed E-state index contributed by atoms with van der Waals surface area (Å²) >= 11 is 0. The summed E-state index contributed by atoms with van der Waals surface area (Å²) in [6, 6.07) is 7.56. The summed E-state index contributed by atoms with van der Waals surface area (Å²) in [6.45, 7) is 0.475. The Bertz CT molecular complexity index is 407. The number of aliphatic hydroxyl groups is 1. The quantitative estimate of drug-likeness (QED) is 0.829. The monoisotopic (exact) mass is 237 g/mol. The van der Waals surface area contributed by atoms with E-state index in [0.29, 0.717) is 6.42 Å². The van der Waals surface area contributed by atoms with Gasteiger partial charge in [0.2, 0.25) is 0 Å². The van der Waals surface area contributed by atoms with Crippen LogP contribution < -0.4 is 5.73 Å². The van der Waals surface area contributed by atoms with Crippen molar-refractivity contribution in [2.75, 3.05) is 13.2 Å². The Morgan fingerprint density at radius 3 is 2.88 bits per heavy atom. The number of fused-ring (bicyclic) bond motifs is 1. The molecule has 0 radical (unpaired) electrons. The van der Waals surface area contributed by atoms with Crippen molar-refractivity contribution in [3.05, 3.63) is 35.4 Å². The highest BCUT2D eigenvalue weighted by Crippen LogP contribution is 2.34. The van der Waals surface area contributed by atoms with Crippen LogP contribution in [-0.2, 0) is 9.47 Å². The maximum atomic E-state index is 10.5. The van der Waals surface area contributed by atoms with E-state index in [-0.39, 0.29) is 19.3 Å². The fourth-order valence-electron chi connectivity index (χ4n) is 2.00. The highest BCUT2D eigenvalue weighted by atomic mass is 16.5. The molecule has 0 spiro atoms. The number of primary amides is 1. The van der Waals surface area contributed by atoms with Crippen LogP contribution in [0.1, 0.15) is 29.8 Å². The summed E-state index contributed by atoms with van der Waals surface area (Å²) in [4.78, 5) is 10.5. The molecular formula is C12H15NO4. The molecule has 1 aromatic carbocycles. The van der Waals surface area contributed by atoms with Crippen LogP contribution in [0.2, 0.25) is 0 Å². The average molecular weight is 237 g/mol. The lowest BCUT2D eigenvalue weighted by atomic mass is 9.94. The van der Waals surface area contributed by atoms with Crippen molar-refractivity contribution < 1.29 is 19.4 Å². The summed E-state index contributed by atoms with van der Waals surface area (Å²) in [5.74, 6) is 0. The molecule has 0 saturated heterocycles. The number of hydrogen-bond donors (Lipinski definition) is 2. The van der Waals surface area contributed by atoms with Crippen LogP contribution in [0.25, 0.3) is 0 Å². The molecule has 1 unspecified atom stereocenters. The minimum atomic E-state index is -0.783. The number of ether oxygens (including phenoxy) is 2. The fourth-order valence-corrected chi connectivity index (χ4v) is 2.00. The van der Waals surface area contributed by atoms with Crippen LogP contribution in [-0.4, -0.2) is 24.4 Å². The number of benzene rings is 1. The van der Waals surface area contributed by atoms with Crippen LogP contribution in [0.4, 0.5) is 4.79 Å². The molecule has 0 bridgehead atoms. The van der Waals surface area contributed by atoms with Crippen LogP contribution in [0, 0.1) is 0 Å². The molecule has 5 nitrogen and oxygen atoms in total. The second-order valence-corrected chi connectivity index (χ2v) is 3.92. The zero-order chi connectivity index (χ0) is 12.3. The third kappa shape index (κ3) is 2.75. The summed E-state index contributed by atoms with van der Waals surface area (Å²) in [5, 5.41) is 9.76. The highest BCUT2D eigenvalue weighted by Gasteiger charge is 2.26. The molecule has 0 saturated carbocycles. The maximum absolute atomic E-state index is 10.5. The number of hydrogen-bond acceptors (Lipinski definition) is 4. The Labute approximate surface area is 99.1 Å². The van der Waals surface area contributed by atoms with Crippen molar-refractivity contribution in [2.24, 2.45) is 5.73 Å². The first-order valence-electron chi connectivity index (χ1n) is 5.49. The minimum absolute atomic E-state index is 0.158. The molecule has 1 aliphatic heterocycles. The lowest BCUT2D eigenvalue weighted by molar-refractivity contribution is -0.0393. The molecule has 2 rings (SSSR count). The van der Waals surface area contributed by atoms with Crippen molar-refractivity contribution in [3.63, 3.8) is 0 Å². The van der Waals surface area contributed by atoms with Gasteiger partial charge in [0.15, 0.2) is 0 Å². The maximum Gasteiger partial charge on any atom is 0.404 e. The second-order valence-electron chi connectivity index (χ2n) is 3.92. The largest absolute Gasteiger partial charge is 0.450 e. The van der Waals surface area contributed by atoms with Gasteiger partial charge in [-0.2, -0.15) is 0 Å². The second kappa shape index (κ2) is 5.16. The first-order valence-corrected chi connectivity index (χ1v) is 5.49. The van der Waals surface area contributed by atoms with Gasteiger partial charge in [0.25, 0.3) is 0 Å². The van der Waals surface area contributed by atoms with Gasteiger partial charge in [-0.25, -0.2) is 4.79 Å². The lowest BCUT2D eigenvalue weighted by Gasteiger charge is -2.29. The number of carbonyl (C=O) groups excluding carboxylic acids is 1. The van der Waals surface area contributed by atoms with Gasteiger partial charge in [-0.15, -0.1) is 0 Å². The standard InChI is InChI=1S/C12H15NO4/c13-12(15)16-6-5-11-9-4-2-1-3-8(9)10(14)7-17-11/h1-4,10-11,14H,5-7H2,(H2,13,15)/t10-,11?/m1/s1. The summed E-state index contributed by atoms with van der Waals surface area (Å²) < 4.78 is 10.2. The molecule has 1 amide bonds. The van der Waals surface area contributed by atoms with Crippen LogP contribution in [0.5, 0.6) is 0 Å². The summed E-state index contributed by atoms with van der Waals surface area (Å²) in [7, 11) is 0. The van der Waals surface area contributed by atoms with Gasteiger partial charge in [0, 0.05) is 6.42 Å². The first-order chi connectivity index (χ1) is 8.18. The van der Waals surface area contributed by atoms with Crippen LogP contribution in [0.3, 0.4) is 0 Å². The SMILES string of the molecule is NC(=O)OCCC1OC[C@@H](O)c2ccccc21. The molecule has 1 aliphatic rings. The Morgan fingerprint density at radius 2 is 2.18 bits per heavy atom. The zero-order valence-electron chi connectivity index (χ0n) is 9.33. The molecule has 0 aliphatic carbocycles. The van der Waals surface area contributed by atoms with E-state index in [1.165, 1.54) is 0 Å². The lowest BCUT2D eigenvalue weighted by Crippen LogP contribution is -2.23. The molecule has 2 atom stereocenters. The van der Waals surface area contributed by atoms with E-state index in [1.807, 2.05) is 24.3 Å². The molecule has 0 aromatic heterocycles. The van der Waals surface area contributed by atoms with Gasteiger partial charge in [0.1, 0.15) is 6.10 Å². The van der Waals surface area contributed by atoms with Crippen molar-refractivity contribution in [2.45, 2.75) is 18.6 Å². The first kappa shape index (κ1) is 11.9. The molecule has 92 valence electrons. The Kier molecular flexibility index (Phi) is 3.61. The van der Waals surface area contributed by atoms with Gasteiger partial charge in [-0.3, -0.25) is 0 Å².